The zero-order valence-corrected chi connectivity index (χ0v) is 23.0. The summed E-state index contributed by atoms with van der Waals surface area (Å²) in [4.78, 5) is 33.4. The third-order valence-electron chi connectivity index (χ3n) is 5.58. The first-order valence-electron chi connectivity index (χ1n) is 12.2. The number of fused-ring (bicyclic) bond motifs is 1. The van der Waals surface area contributed by atoms with E-state index in [0.717, 1.165) is 11.7 Å². The second-order valence-electron chi connectivity index (χ2n) is 8.45. The number of nitrogens with one attached hydrogen (secondary N) is 2. The van der Waals surface area contributed by atoms with Gasteiger partial charge in [-0.1, -0.05) is 12.1 Å². The molecule has 214 valence electrons. The average Bonchev–Trinajstić information content (AvgIpc) is 3.19. The molecule has 14 heteroatoms. The molecule has 40 heavy (non-hydrogen) atoms. The van der Waals surface area contributed by atoms with E-state index in [9.17, 15) is 27.9 Å². The monoisotopic (exact) mass is 579 g/mol. The highest BCUT2D eigenvalue weighted by molar-refractivity contribution is 7.31. The van der Waals surface area contributed by atoms with Crippen LogP contribution in [0.15, 0.2) is 42.6 Å². The fourth-order valence-electron chi connectivity index (χ4n) is 3.80. The highest BCUT2D eigenvalue weighted by Crippen LogP contribution is 2.38. The number of anilines is 4. The predicted molar refractivity (Wildman–Crippen MR) is 146 cm³/mol. The molecule has 1 atom stereocenters. The Morgan fingerprint density at radius 1 is 1.15 bits per heavy atom. The van der Waals surface area contributed by atoms with E-state index in [1.807, 2.05) is 19.1 Å². The van der Waals surface area contributed by atoms with Crippen LogP contribution in [-0.2, 0) is 23.4 Å². The molecule has 2 aromatic carbocycles. The van der Waals surface area contributed by atoms with Crippen LogP contribution in [0.4, 0.5) is 36.3 Å². The molecule has 4 N–H and O–H groups in total. The molecule has 3 aromatic rings. The van der Waals surface area contributed by atoms with Crippen LogP contribution in [0, 0.1) is 0 Å². The summed E-state index contributed by atoms with van der Waals surface area (Å²) < 4.78 is 46.6. The Balaban J connectivity index is 0.00000141. The van der Waals surface area contributed by atoms with Gasteiger partial charge in [-0.3, -0.25) is 4.79 Å². The maximum Gasteiger partial charge on any atom is 0.421 e. The summed E-state index contributed by atoms with van der Waals surface area (Å²) in [5, 5.41) is 22.5. The van der Waals surface area contributed by atoms with Gasteiger partial charge >= 0.3 is 12.1 Å². The highest BCUT2D eigenvalue weighted by atomic mass is 31.1. The van der Waals surface area contributed by atoms with Gasteiger partial charge < -0.3 is 30.3 Å². The molecule has 10 nitrogen and oxygen atoms in total. The summed E-state index contributed by atoms with van der Waals surface area (Å²) in [6.45, 7) is 4.51. The van der Waals surface area contributed by atoms with Crippen molar-refractivity contribution in [2.24, 2.45) is 0 Å². The standard InChI is InChI=1S/C24H23F3N5O4P.C2H6O/c1-3-36-37-12-13-4-6-14(7-5-13)29-23-28-10-17(24(25,26)27)20(31-23)30-18-9-8-15(22(34)35)16-11-32(2)21(33)19(16)18;1-2-3/h4-10,37H,3,11-12H2,1-2H3,(H,34,35)(H2,28,29,30,31);3H,2H2,1H3. The summed E-state index contributed by atoms with van der Waals surface area (Å²) in [6, 6.07) is 9.76. The number of carbonyl (C=O) groups excluding carboxylic acids is 1. The van der Waals surface area contributed by atoms with Crippen molar-refractivity contribution in [2.45, 2.75) is 32.7 Å². The number of halogens is 3. The smallest absolute Gasteiger partial charge is 0.421 e. The maximum atomic E-state index is 13.8. The summed E-state index contributed by atoms with van der Waals surface area (Å²) >= 11 is 0. The number of nitrogens with zero attached hydrogens (tertiary/aromatic N) is 3. The Morgan fingerprint density at radius 3 is 2.42 bits per heavy atom. The van der Waals surface area contributed by atoms with Crippen LogP contribution in [-0.4, -0.2) is 57.2 Å². The maximum absolute atomic E-state index is 13.8. The van der Waals surface area contributed by atoms with E-state index in [-0.39, 0.29) is 41.5 Å². The number of alkyl halides is 3. The van der Waals surface area contributed by atoms with Crippen molar-refractivity contribution < 1.29 is 37.5 Å². The second kappa shape index (κ2) is 13.5. The van der Waals surface area contributed by atoms with Crippen molar-refractivity contribution >= 4 is 43.8 Å². The second-order valence-corrected chi connectivity index (χ2v) is 9.38. The number of rotatable bonds is 9. The molecule has 1 aliphatic heterocycles. The summed E-state index contributed by atoms with van der Waals surface area (Å²) in [6.07, 6.45) is -3.39. The first-order valence-corrected chi connectivity index (χ1v) is 13.3. The van der Waals surface area contributed by atoms with Gasteiger partial charge in [0.2, 0.25) is 5.95 Å². The normalized spacial score (nSPS) is 12.8. The molecule has 1 aliphatic rings. The molecule has 1 amide bonds. The van der Waals surface area contributed by atoms with Crippen molar-refractivity contribution in [3.8, 4) is 0 Å². The molecule has 0 radical (unpaired) electrons. The number of aliphatic hydroxyl groups is 1. The Bertz CT molecular complexity index is 1360. The number of hydrogen-bond acceptors (Lipinski definition) is 8. The van der Waals surface area contributed by atoms with Crippen LogP contribution in [0.25, 0.3) is 0 Å². The van der Waals surface area contributed by atoms with Gasteiger partial charge in [-0.05, 0) is 43.7 Å². The summed E-state index contributed by atoms with van der Waals surface area (Å²) in [5.74, 6) is -2.42. The number of carboxylic acids is 1. The Labute approximate surface area is 230 Å². The number of amides is 1. The van der Waals surface area contributed by atoms with Crippen molar-refractivity contribution in [3.63, 3.8) is 0 Å². The fraction of sp³-hybridized carbons (Fsp3) is 0.308. The van der Waals surface area contributed by atoms with Crippen LogP contribution in [0.3, 0.4) is 0 Å². The Kier molecular flexibility index (Phi) is 10.4. The van der Waals surface area contributed by atoms with E-state index in [0.29, 0.717) is 27.3 Å². The third-order valence-corrected chi connectivity index (χ3v) is 6.62. The fourth-order valence-corrected chi connectivity index (χ4v) is 4.51. The predicted octanol–water partition coefficient (Wildman–Crippen LogP) is 5.40. The number of carboxylic acid groups (broad SMARTS) is 1. The Hall–Kier alpha value is -3.80. The number of hydrogen-bond donors (Lipinski definition) is 4. The molecule has 0 bridgehead atoms. The molecule has 0 spiro atoms. The number of aromatic carboxylic acids is 1. The molecular weight excluding hydrogens is 550 g/mol. The van der Waals surface area contributed by atoms with Crippen LogP contribution in [0.5, 0.6) is 0 Å². The molecule has 1 aromatic heterocycles. The van der Waals surface area contributed by atoms with Crippen LogP contribution in [0.2, 0.25) is 0 Å². The van der Waals surface area contributed by atoms with Crippen LogP contribution in [0.1, 0.15) is 51.3 Å². The lowest BCUT2D eigenvalue weighted by Crippen LogP contribution is -2.18. The number of aromatic nitrogens is 2. The minimum atomic E-state index is -4.78. The van der Waals surface area contributed by atoms with Gasteiger partial charge in [0.05, 0.1) is 16.8 Å². The van der Waals surface area contributed by atoms with Crippen molar-refractivity contribution in [1.29, 1.82) is 0 Å². The van der Waals surface area contributed by atoms with E-state index in [1.165, 1.54) is 24.1 Å². The lowest BCUT2D eigenvalue weighted by molar-refractivity contribution is -0.137. The first kappa shape index (κ1) is 30.7. The lowest BCUT2D eigenvalue weighted by atomic mass is 10.0. The average molecular weight is 580 g/mol. The molecule has 0 saturated carbocycles. The van der Waals surface area contributed by atoms with Crippen LogP contribution >= 0.6 is 8.81 Å². The number of aliphatic hydroxyl groups excluding tert-OH is 1. The molecule has 1 unspecified atom stereocenters. The molecule has 2 heterocycles. The molecule has 0 fully saturated rings. The number of benzene rings is 2. The first-order chi connectivity index (χ1) is 19.0. The zero-order chi connectivity index (χ0) is 29.4. The summed E-state index contributed by atoms with van der Waals surface area (Å²) in [7, 11) is 1.81. The molecule has 4 rings (SSSR count). The highest BCUT2D eigenvalue weighted by Gasteiger charge is 2.37. The Morgan fingerprint density at radius 2 is 1.82 bits per heavy atom. The van der Waals surface area contributed by atoms with Gasteiger partial charge in [0.25, 0.3) is 5.91 Å². The summed E-state index contributed by atoms with van der Waals surface area (Å²) in [5.41, 5.74) is 0.607. The van der Waals surface area contributed by atoms with Gasteiger partial charge in [-0.2, -0.15) is 18.2 Å². The number of carbonyl (C=O) groups is 2. The van der Waals surface area contributed by atoms with E-state index >= 15 is 0 Å². The topological polar surface area (TPSA) is 137 Å². The zero-order valence-electron chi connectivity index (χ0n) is 22.0. The molecule has 0 aliphatic carbocycles. The van der Waals surface area contributed by atoms with E-state index in [1.54, 1.807) is 19.1 Å². The third kappa shape index (κ3) is 7.44. The van der Waals surface area contributed by atoms with E-state index in [2.05, 4.69) is 20.6 Å². The van der Waals surface area contributed by atoms with Crippen molar-refractivity contribution in [3.05, 3.63) is 70.4 Å². The van der Waals surface area contributed by atoms with Gasteiger partial charge in [0.1, 0.15) is 11.4 Å². The van der Waals surface area contributed by atoms with Gasteiger partial charge in [0, 0.05) is 59.2 Å². The van der Waals surface area contributed by atoms with Gasteiger partial charge in [-0.15, -0.1) is 0 Å². The minimum absolute atomic E-state index is 0.00741. The molecule has 0 saturated heterocycles. The van der Waals surface area contributed by atoms with Crippen molar-refractivity contribution in [2.75, 3.05) is 30.9 Å². The van der Waals surface area contributed by atoms with E-state index in [4.69, 9.17) is 9.63 Å². The SMILES string of the molecule is CCO.CCOPCc1ccc(Nc2ncc(C(F)(F)F)c(Nc3ccc(C(=O)O)c4c3C(=O)N(C)C4)n2)cc1. The molecular formula is C26H29F3N5O5P. The van der Waals surface area contributed by atoms with Crippen LogP contribution < -0.4 is 10.6 Å². The largest absolute Gasteiger partial charge is 0.478 e. The van der Waals surface area contributed by atoms with Crippen molar-refractivity contribution in [1.82, 2.24) is 14.9 Å². The van der Waals surface area contributed by atoms with Gasteiger partial charge in [-0.25, -0.2) is 9.78 Å². The minimum Gasteiger partial charge on any atom is -0.478 e. The van der Waals surface area contributed by atoms with E-state index < -0.39 is 29.4 Å². The van der Waals surface area contributed by atoms with Gasteiger partial charge in [0.15, 0.2) is 0 Å². The quantitative estimate of drug-likeness (QED) is 0.194. The lowest BCUT2D eigenvalue weighted by Gasteiger charge is -2.17.